The summed E-state index contributed by atoms with van der Waals surface area (Å²) in [6, 6.07) is 6.61. The van der Waals surface area contributed by atoms with E-state index in [2.05, 4.69) is 5.32 Å². The van der Waals surface area contributed by atoms with Gasteiger partial charge in [0.2, 0.25) is 0 Å². The molecule has 2 aromatic carbocycles. The van der Waals surface area contributed by atoms with Crippen molar-refractivity contribution >= 4 is 11.6 Å². The molecule has 0 heterocycles. The summed E-state index contributed by atoms with van der Waals surface area (Å²) in [5.74, 6) is -1.80. The molecule has 1 N–H and O–H groups in total. The van der Waals surface area contributed by atoms with Crippen molar-refractivity contribution in [2.75, 3.05) is 7.05 Å². The lowest BCUT2D eigenvalue weighted by Gasteiger charge is -2.19. The molecule has 19 heavy (non-hydrogen) atoms. The Kier molecular flexibility index (Phi) is 4.12. The zero-order valence-corrected chi connectivity index (χ0v) is 10.8. The van der Waals surface area contributed by atoms with Crippen LogP contribution in [0.1, 0.15) is 17.2 Å². The van der Waals surface area contributed by atoms with E-state index in [0.717, 1.165) is 12.1 Å². The van der Waals surface area contributed by atoms with E-state index < -0.39 is 23.5 Å². The van der Waals surface area contributed by atoms with Gasteiger partial charge in [0.05, 0.1) is 6.04 Å². The van der Waals surface area contributed by atoms with Gasteiger partial charge in [0.15, 0.2) is 0 Å². The van der Waals surface area contributed by atoms with E-state index in [1.54, 1.807) is 7.05 Å². The lowest BCUT2D eigenvalue weighted by Crippen LogP contribution is -2.19. The van der Waals surface area contributed by atoms with Crippen LogP contribution in [0.4, 0.5) is 13.2 Å². The van der Waals surface area contributed by atoms with Crippen LogP contribution in [0.5, 0.6) is 0 Å². The van der Waals surface area contributed by atoms with Crippen molar-refractivity contribution in [2.45, 2.75) is 6.04 Å². The summed E-state index contributed by atoms with van der Waals surface area (Å²) < 4.78 is 39.7. The molecule has 0 aliphatic carbocycles. The number of hydrogen-bond acceptors (Lipinski definition) is 1. The highest BCUT2D eigenvalue weighted by Crippen LogP contribution is 2.30. The van der Waals surface area contributed by atoms with Gasteiger partial charge >= 0.3 is 0 Å². The largest absolute Gasteiger partial charge is 0.309 e. The third-order valence-electron chi connectivity index (χ3n) is 2.84. The first kappa shape index (κ1) is 13.9. The quantitative estimate of drug-likeness (QED) is 0.896. The molecule has 1 nitrogen and oxygen atoms in total. The van der Waals surface area contributed by atoms with Crippen LogP contribution in [0.2, 0.25) is 5.02 Å². The Labute approximate surface area is 114 Å². The molecule has 1 atom stereocenters. The minimum absolute atomic E-state index is 0.183. The monoisotopic (exact) mass is 285 g/mol. The molecule has 0 radical (unpaired) electrons. The highest BCUT2D eigenvalue weighted by Gasteiger charge is 2.19. The van der Waals surface area contributed by atoms with Gasteiger partial charge in [-0.2, -0.15) is 0 Å². The summed E-state index contributed by atoms with van der Waals surface area (Å²) in [7, 11) is 1.62. The molecule has 0 aliphatic heterocycles. The van der Waals surface area contributed by atoms with Crippen LogP contribution in [-0.4, -0.2) is 7.05 Å². The first-order valence-corrected chi connectivity index (χ1v) is 5.98. The second kappa shape index (κ2) is 5.63. The maximum Gasteiger partial charge on any atom is 0.131 e. The molecule has 0 saturated heterocycles. The molecular formula is C14H11ClF3N. The molecule has 0 amide bonds. The lowest BCUT2D eigenvalue weighted by molar-refractivity contribution is 0.551. The fraction of sp³-hybridized carbons (Fsp3) is 0.143. The molecule has 0 bridgehead atoms. The van der Waals surface area contributed by atoms with E-state index in [9.17, 15) is 13.2 Å². The second-order valence-corrected chi connectivity index (χ2v) is 4.46. The van der Waals surface area contributed by atoms with Crippen molar-refractivity contribution in [3.8, 4) is 0 Å². The van der Waals surface area contributed by atoms with Gasteiger partial charge in [-0.3, -0.25) is 0 Å². The topological polar surface area (TPSA) is 12.0 Å². The molecule has 0 aliphatic rings. The Morgan fingerprint density at radius 3 is 2.05 bits per heavy atom. The van der Waals surface area contributed by atoms with Crippen LogP contribution >= 0.6 is 11.6 Å². The predicted molar refractivity (Wildman–Crippen MR) is 68.7 cm³/mol. The highest BCUT2D eigenvalue weighted by atomic mass is 35.5. The van der Waals surface area contributed by atoms with Gasteiger partial charge in [0.1, 0.15) is 17.5 Å². The molecule has 2 aromatic rings. The van der Waals surface area contributed by atoms with Crippen molar-refractivity contribution in [1.82, 2.24) is 5.32 Å². The number of nitrogens with one attached hydrogen (secondary N) is 1. The fourth-order valence-electron chi connectivity index (χ4n) is 1.95. The number of halogens is 4. The summed E-state index contributed by atoms with van der Waals surface area (Å²) in [6.45, 7) is 0. The maximum atomic E-state index is 13.8. The van der Waals surface area contributed by atoms with E-state index in [0.29, 0.717) is 5.56 Å². The molecular weight excluding hydrogens is 275 g/mol. The third kappa shape index (κ3) is 2.91. The molecule has 5 heteroatoms. The Balaban J connectivity index is 2.50. The third-order valence-corrected chi connectivity index (χ3v) is 3.16. The normalized spacial score (nSPS) is 12.5. The van der Waals surface area contributed by atoms with Crippen LogP contribution in [0, 0.1) is 17.5 Å². The highest BCUT2D eigenvalue weighted by molar-refractivity contribution is 6.31. The fourth-order valence-corrected chi connectivity index (χ4v) is 2.23. The van der Waals surface area contributed by atoms with Gasteiger partial charge < -0.3 is 5.32 Å². The van der Waals surface area contributed by atoms with Gasteiger partial charge in [-0.1, -0.05) is 23.7 Å². The van der Waals surface area contributed by atoms with E-state index in [1.165, 1.54) is 24.3 Å². The van der Waals surface area contributed by atoms with Crippen LogP contribution in [0.25, 0.3) is 0 Å². The number of rotatable bonds is 3. The Bertz CT molecular complexity index is 550. The van der Waals surface area contributed by atoms with Crippen LogP contribution in [0.3, 0.4) is 0 Å². The second-order valence-electron chi connectivity index (χ2n) is 4.05. The maximum absolute atomic E-state index is 13.8. The molecule has 0 aromatic heterocycles. The van der Waals surface area contributed by atoms with Gasteiger partial charge in [-0.05, 0) is 30.8 Å². The van der Waals surface area contributed by atoms with Gasteiger partial charge in [-0.25, -0.2) is 13.2 Å². The van der Waals surface area contributed by atoms with Crippen molar-refractivity contribution in [3.05, 3.63) is 70.0 Å². The zero-order chi connectivity index (χ0) is 14.0. The Morgan fingerprint density at radius 1 is 0.947 bits per heavy atom. The molecule has 1 unspecified atom stereocenters. The Morgan fingerprint density at radius 2 is 1.53 bits per heavy atom. The predicted octanol–water partition coefficient (Wildman–Crippen LogP) is 4.07. The van der Waals surface area contributed by atoms with Crippen molar-refractivity contribution in [3.63, 3.8) is 0 Å². The molecule has 0 fully saturated rings. The summed E-state index contributed by atoms with van der Waals surface area (Å²) in [4.78, 5) is 0. The van der Waals surface area contributed by atoms with Gasteiger partial charge in [0.25, 0.3) is 0 Å². The smallest absolute Gasteiger partial charge is 0.131 e. The van der Waals surface area contributed by atoms with Crippen LogP contribution in [-0.2, 0) is 0 Å². The first-order chi connectivity index (χ1) is 9.02. The zero-order valence-electron chi connectivity index (χ0n) is 10.1. The molecule has 100 valence electrons. The average Bonchev–Trinajstić information content (AvgIpc) is 2.34. The van der Waals surface area contributed by atoms with Crippen molar-refractivity contribution in [1.29, 1.82) is 0 Å². The Hall–Kier alpha value is -1.52. The van der Waals surface area contributed by atoms with E-state index in [4.69, 9.17) is 11.6 Å². The van der Waals surface area contributed by atoms with Gasteiger partial charge in [-0.15, -0.1) is 0 Å². The SMILES string of the molecule is CNC(c1ccc(F)cc1F)c1ccc(F)cc1Cl. The lowest BCUT2D eigenvalue weighted by atomic mass is 9.98. The van der Waals surface area contributed by atoms with Crippen LogP contribution < -0.4 is 5.32 Å². The average molecular weight is 286 g/mol. The minimum atomic E-state index is -0.681. The van der Waals surface area contributed by atoms with E-state index >= 15 is 0 Å². The van der Waals surface area contributed by atoms with Crippen molar-refractivity contribution in [2.24, 2.45) is 0 Å². The summed E-state index contributed by atoms with van der Waals surface area (Å²) in [5.41, 5.74) is 0.772. The molecule has 0 saturated carbocycles. The summed E-state index contributed by atoms with van der Waals surface area (Å²) in [6.07, 6.45) is 0. The minimum Gasteiger partial charge on any atom is -0.309 e. The molecule has 0 spiro atoms. The number of benzene rings is 2. The number of hydrogen-bond donors (Lipinski definition) is 1. The first-order valence-electron chi connectivity index (χ1n) is 5.60. The van der Waals surface area contributed by atoms with Crippen LogP contribution in [0.15, 0.2) is 36.4 Å². The summed E-state index contributed by atoms with van der Waals surface area (Å²) in [5, 5.41) is 3.07. The van der Waals surface area contributed by atoms with E-state index in [-0.39, 0.29) is 10.6 Å². The van der Waals surface area contributed by atoms with E-state index in [1.807, 2.05) is 0 Å². The molecule has 2 rings (SSSR count). The summed E-state index contributed by atoms with van der Waals surface area (Å²) >= 11 is 5.96. The van der Waals surface area contributed by atoms with Gasteiger partial charge in [0, 0.05) is 16.7 Å². The standard InChI is InChI=1S/C14H11ClF3N/c1-19-14(10-4-2-8(16)6-12(10)15)11-5-3-9(17)7-13(11)18/h2-7,14,19H,1H3. The van der Waals surface area contributed by atoms with Crippen molar-refractivity contribution < 1.29 is 13.2 Å².